The van der Waals surface area contributed by atoms with Gasteiger partial charge in [-0.25, -0.2) is 18.5 Å². The molecule has 1 aromatic heterocycles. The molecule has 164 valence electrons. The Labute approximate surface area is 185 Å². The van der Waals surface area contributed by atoms with Crippen LogP contribution in [0, 0.1) is 0 Å². The van der Waals surface area contributed by atoms with Crippen molar-refractivity contribution in [1.82, 2.24) is 14.9 Å². The molecule has 1 heterocycles. The lowest BCUT2D eigenvalue weighted by Gasteiger charge is -2.11. The molecule has 0 aliphatic carbocycles. The van der Waals surface area contributed by atoms with Gasteiger partial charge in [0.25, 0.3) is 0 Å². The number of amides is 1. The summed E-state index contributed by atoms with van der Waals surface area (Å²) in [6.45, 7) is 0.552. The van der Waals surface area contributed by atoms with E-state index in [-0.39, 0.29) is 30.5 Å². The van der Waals surface area contributed by atoms with Crippen LogP contribution in [0.25, 0.3) is 11.0 Å². The number of nitrogens with one attached hydrogen (secondary N) is 1. The summed E-state index contributed by atoms with van der Waals surface area (Å²) in [5, 5.41) is 7.96. The first-order chi connectivity index (χ1) is 15.4. The van der Waals surface area contributed by atoms with Gasteiger partial charge in [0.2, 0.25) is 15.9 Å². The molecule has 0 fully saturated rings. The maximum absolute atomic E-state index is 12.7. The summed E-state index contributed by atoms with van der Waals surface area (Å²) < 4.78 is 30.4. The maximum atomic E-state index is 12.7. The van der Waals surface area contributed by atoms with E-state index in [1.807, 2.05) is 59.2 Å². The third kappa shape index (κ3) is 5.13. The fourth-order valence-corrected chi connectivity index (χ4v) is 3.79. The van der Waals surface area contributed by atoms with Crippen LogP contribution >= 0.6 is 0 Å². The van der Waals surface area contributed by atoms with Crippen LogP contribution in [-0.4, -0.2) is 23.9 Å². The summed E-state index contributed by atoms with van der Waals surface area (Å²) in [7, 11) is -3.75. The zero-order valence-corrected chi connectivity index (χ0v) is 18.0. The molecule has 0 atom stereocenters. The first-order valence-electron chi connectivity index (χ1n) is 9.90. The van der Waals surface area contributed by atoms with Gasteiger partial charge in [-0.1, -0.05) is 42.5 Å². The second kappa shape index (κ2) is 9.21. The number of sulfonamides is 1. The predicted octanol–water partition coefficient (Wildman–Crippen LogP) is 2.58. The van der Waals surface area contributed by atoms with Gasteiger partial charge < -0.3 is 14.6 Å². The third-order valence-electron chi connectivity index (χ3n) is 4.89. The average molecular weight is 451 g/mol. The summed E-state index contributed by atoms with van der Waals surface area (Å²) in [6, 6.07) is 23.1. The summed E-state index contributed by atoms with van der Waals surface area (Å²) in [4.78, 5) is 17.3. The molecule has 0 spiro atoms. The van der Waals surface area contributed by atoms with Gasteiger partial charge >= 0.3 is 0 Å². The van der Waals surface area contributed by atoms with Crippen molar-refractivity contribution < 1.29 is 17.9 Å². The van der Waals surface area contributed by atoms with E-state index in [0.717, 1.165) is 22.3 Å². The van der Waals surface area contributed by atoms with E-state index in [2.05, 4.69) is 10.3 Å². The van der Waals surface area contributed by atoms with Crippen LogP contribution in [0.15, 0.2) is 83.8 Å². The first kappa shape index (κ1) is 21.5. The van der Waals surface area contributed by atoms with E-state index in [1.54, 1.807) is 12.1 Å². The molecule has 4 rings (SSSR count). The van der Waals surface area contributed by atoms with Crippen LogP contribution in [-0.2, 0) is 34.5 Å². The Bertz CT molecular complexity index is 1330. The highest BCUT2D eigenvalue weighted by molar-refractivity contribution is 7.89. The number of carbonyl (C=O) groups is 1. The fraction of sp³-hybridized carbons (Fsp3) is 0.130. The highest BCUT2D eigenvalue weighted by Crippen LogP contribution is 2.18. The monoisotopic (exact) mass is 450 g/mol. The Balaban J connectivity index is 1.46. The lowest BCUT2D eigenvalue weighted by atomic mass is 10.2. The number of ether oxygens (including phenoxy) is 1. The number of hydrogen-bond acceptors (Lipinski definition) is 5. The molecular formula is C23H22N4O4S. The number of benzene rings is 3. The van der Waals surface area contributed by atoms with Crippen LogP contribution < -0.4 is 15.2 Å². The smallest absolute Gasteiger partial charge is 0.240 e. The van der Waals surface area contributed by atoms with Gasteiger partial charge in [-0.3, -0.25) is 4.79 Å². The summed E-state index contributed by atoms with van der Waals surface area (Å²) in [5.74, 6) is 1.16. The number of carbonyl (C=O) groups excluding carboxylic acids is 1. The molecule has 0 aliphatic rings. The van der Waals surface area contributed by atoms with Gasteiger partial charge in [-0.15, -0.1) is 0 Å². The molecule has 0 radical (unpaired) electrons. The summed E-state index contributed by atoms with van der Waals surface area (Å²) >= 11 is 0. The molecule has 1 amide bonds. The molecule has 32 heavy (non-hydrogen) atoms. The average Bonchev–Trinajstić information content (AvgIpc) is 3.14. The largest absolute Gasteiger partial charge is 0.486 e. The zero-order chi connectivity index (χ0) is 22.6. The summed E-state index contributed by atoms with van der Waals surface area (Å²) in [5.41, 5.74) is 2.38. The number of rotatable bonds is 8. The van der Waals surface area contributed by atoms with Crippen molar-refractivity contribution in [2.45, 2.75) is 24.6 Å². The van der Waals surface area contributed by atoms with Crippen LogP contribution in [0.3, 0.4) is 0 Å². The number of nitrogens with zero attached hydrogens (tertiary/aromatic N) is 2. The van der Waals surface area contributed by atoms with E-state index in [0.29, 0.717) is 5.82 Å². The first-order valence-corrected chi connectivity index (χ1v) is 11.5. The predicted molar refractivity (Wildman–Crippen MR) is 120 cm³/mol. The van der Waals surface area contributed by atoms with Gasteiger partial charge in [0.15, 0.2) is 0 Å². The van der Waals surface area contributed by atoms with Crippen LogP contribution in [0.4, 0.5) is 0 Å². The minimum absolute atomic E-state index is 0.0283. The van der Waals surface area contributed by atoms with Gasteiger partial charge in [0, 0.05) is 6.54 Å². The second-order valence-electron chi connectivity index (χ2n) is 7.17. The quantitative estimate of drug-likeness (QED) is 0.428. The molecule has 0 saturated carbocycles. The van der Waals surface area contributed by atoms with E-state index >= 15 is 0 Å². The number of fused-ring (bicyclic) bond motifs is 1. The molecule has 3 aromatic carbocycles. The minimum atomic E-state index is -3.75. The highest BCUT2D eigenvalue weighted by Gasteiger charge is 2.14. The number of nitrogens with two attached hydrogens (primary N) is 1. The van der Waals surface area contributed by atoms with Crippen molar-refractivity contribution in [3.05, 3.63) is 90.3 Å². The number of imidazole rings is 1. The molecule has 8 nitrogen and oxygen atoms in total. The van der Waals surface area contributed by atoms with Crippen molar-refractivity contribution >= 4 is 27.0 Å². The van der Waals surface area contributed by atoms with Gasteiger partial charge in [-0.2, -0.15) is 0 Å². The zero-order valence-electron chi connectivity index (χ0n) is 17.1. The standard InChI is InChI=1S/C23H22N4O4S/c24-32(29,30)19-12-10-17(11-13-19)14-25-23(28)15-27-21-9-5-4-8-20(21)26-22(27)16-31-18-6-2-1-3-7-18/h1-13H,14-16H2,(H,25,28)(H2,24,29,30). The van der Waals surface area contributed by atoms with Crippen molar-refractivity contribution in [3.8, 4) is 5.75 Å². The van der Waals surface area contributed by atoms with E-state index < -0.39 is 10.0 Å². The van der Waals surface area contributed by atoms with E-state index in [9.17, 15) is 13.2 Å². The molecule has 4 aromatic rings. The molecule has 9 heteroatoms. The number of primary sulfonamides is 1. The van der Waals surface area contributed by atoms with Gasteiger partial charge in [0.05, 0.1) is 15.9 Å². The lowest BCUT2D eigenvalue weighted by Crippen LogP contribution is -2.28. The number of aromatic nitrogens is 2. The molecule has 3 N–H and O–H groups in total. The molecule has 0 saturated heterocycles. The van der Waals surface area contributed by atoms with Crippen LogP contribution in [0.5, 0.6) is 5.75 Å². The molecule has 0 unspecified atom stereocenters. The van der Waals surface area contributed by atoms with Crippen molar-refractivity contribution in [2.75, 3.05) is 0 Å². The molecule has 0 bridgehead atoms. The topological polar surface area (TPSA) is 116 Å². The van der Waals surface area contributed by atoms with E-state index in [4.69, 9.17) is 9.88 Å². The maximum Gasteiger partial charge on any atom is 0.240 e. The van der Waals surface area contributed by atoms with Crippen LogP contribution in [0.2, 0.25) is 0 Å². The van der Waals surface area contributed by atoms with Crippen molar-refractivity contribution in [2.24, 2.45) is 5.14 Å². The van der Waals surface area contributed by atoms with Gasteiger partial charge in [0.1, 0.15) is 24.7 Å². The summed E-state index contributed by atoms with van der Waals surface area (Å²) in [6.07, 6.45) is 0. The number of hydrogen-bond donors (Lipinski definition) is 2. The van der Waals surface area contributed by atoms with Crippen LogP contribution in [0.1, 0.15) is 11.4 Å². The number of para-hydroxylation sites is 3. The fourth-order valence-electron chi connectivity index (χ4n) is 3.27. The highest BCUT2D eigenvalue weighted by atomic mass is 32.2. The Morgan fingerprint density at radius 1 is 0.969 bits per heavy atom. The Morgan fingerprint density at radius 2 is 1.66 bits per heavy atom. The van der Waals surface area contributed by atoms with Crippen molar-refractivity contribution in [1.29, 1.82) is 0 Å². The molecule has 0 aliphatic heterocycles. The Kier molecular flexibility index (Phi) is 6.20. The van der Waals surface area contributed by atoms with Crippen molar-refractivity contribution in [3.63, 3.8) is 0 Å². The Morgan fingerprint density at radius 3 is 2.38 bits per heavy atom. The normalized spacial score (nSPS) is 11.4. The second-order valence-corrected chi connectivity index (χ2v) is 8.73. The Hall–Kier alpha value is -3.69. The lowest BCUT2D eigenvalue weighted by molar-refractivity contribution is -0.121. The third-order valence-corrected chi connectivity index (χ3v) is 5.82. The SMILES string of the molecule is NS(=O)(=O)c1ccc(CNC(=O)Cn2c(COc3ccccc3)nc3ccccc32)cc1. The minimum Gasteiger partial charge on any atom is -0.486 e. The van der Waals surface area contributed by atoms with Gasteiger partial charge in [-0.05, 0) is 42.0 Å². The molecular weight excluding hydrogens is 428 g/mol. The van der Waals surface area contributed by atoms with E-state index in [1.165, 1.54) is 12.1 Å².